The van der Waals surface area contributed by atoms with Crippen molar-refractivity contribution in [1.82, 2.24) is 5.16 Å². The molecule has 1 aliphatic carbocycles. The molecule has 2 aromatic heterocycles. The van der Waals surface area contributed by atoms with Gasteiger partial charge in [0.25, 0.3) is 11.6 Å². The Morgan fingerprint density at radius 2 is 2.00 bits per heavy atom. The molecule has 0 spiro atoms. The highest BCUT2D eigenvalue weighted by molar-refractivity contribution is 6.09. The molecule has 154 valence electrons. The van der Waals surface area contributed by atoms with E-state index in [1.54, 1.807) is 25.1 Å². The average molecular weight is 409 g/mol. The first-order chi connectivity index (χ1) is 14.4. The average Bonchev–Trinajstić information content (AvgIpc) is 3.29. The monoisotopic (exact) mass is 409 g/mol. The standard InChI is InChI=1S/C20H19N5O5/c1-11-10-17(24-30-11)21-20(26)19-12(2)18-15(4-3-5-16(18)29-19)23-22-13-6-8-14(9-7-13)25(27)28/h6-10,22H,3-5H2,1-2H3,(H,21,24,26)/b23-15+. The van der Waals surface area contributed by atoms with Crippen LogP contribution in [0, 0.1) is 24.0 Å². The summed E-state index contributed by atoms with van der Waals surface area (Å²) in [6, 6.07) is 7.62. The summed E-state index contributed by atoms with van der Waals surface area (Å²) in [7, 11) is 0. The largest absolute Gasteiger partial charge is 0.455 e. The Bertz CT molecular complexity index is 1140. The molecule has 1 aliphatic rings. The van der Waals surface area contributed by atoms with Gasteiger partial charge in [-0.1, -0.05) is 5.16 Å². The molecule has 0 fully saturated rings. The number of rotatable bonds is 5. The molecule has 0 aliphatic heterocycles. The molecule has 10 nitrogen and oxygen atoms in total. The summed E-state index contributed by atoms with van der Waals surface area (Å²) in [5.41, 5.74) is 5.86. The zero-order valence-corrected chi connectivity index (χ0v) is 16.4. The van der Waals surface area contributed by atoms with E-state index in [4.69, 9.17) is 8.94 Å². The van der Waals surface area contributed by atoms with Gasteiger partial charge in [-0.2, -0.15) is 5.10 Å². The number of anilines is 2. The molecule has 0 radical (unpaired) electrons. The first-order valence-electron chi connectivity index (χ1n) is 9.36. The van der Waals surface area contributed by atoms with E-state index in [9.17, 15) is 14.9 Å². The third kappa shape index (κ3) is 3.79. The fourth-order valence-electron chi connectivity index (χ4n) is 3.38. The number of amides is 1. The zero-order chi connectivity index (χ0) is 21.3. The van der Waals surface area contributed by atoms with Gasteiger partial charge in [-0.3, -0.25) is 20.3 Å². The first kappa shape index (κ1) is 19.4. The maximum Gasteiger partial charge on any atom is 0.292 e. The summed E-state index contributed by atoms with van der Waals surface area (Å²) in [5, 5.41) is 21.7. The summed E-state index contributed by atoms with van der Waals surface area (Å²) in [5.74, 6) is 1.43. The number of aromatic nitrogens is 1. The summed E-state index contributed by atoms with van der Waals surface area (Å²) < 4.78 is 10.8. The minimum absolute atomic E-state index is 0.0109. The number of fused-ring (bicyclic) bond motifs is 1. The predicted molar refractivity (Wildman–Crippen MR) is 109 cm³/mol. The van der Waals surface area contributed by atoms with Crippen molar-refractivity contribution in [3.05, 3.63) is 68.9 Å². The van der Waals surface area contributed by atoms with E-state index in [1.165, 1.54) is 12.1 Å². The van der Waals surface area contributed by atoms with Gasteiger partial charge >= 0.3 is 0 Å². The first-order valence-corrected chi connectivity index (χ1v) is 9.36. The fraction of sp³-hybridized carbons (Fsp3) is 0.250. The number of hydrogen-bond donors (Lipinski definition) is 2. The molecule has 10 heteroatoms. The Hall–Kier alpha value is -3.95. The Morgan fingerprint density at radius 1 is 1.23 bits per heavy atom. The lowest BCUT2D eigenvalue weighted by atomic mass is 9.93. The van der Waals surface area contributed by atoms with E-state index in [1.807, 2.05) is 6.92 Å². The Balaban J connectivity index is 1.56. The minimum Gasteiger partial charge on any atom is -0.455 e. The second kappa shape index (κ2) is 7.82. The molecule has 1 amide bonds. The molecule has 3 aromatic rings. The number of nitrogens with one attached hydrogen (secondary N) is 2. The van der Waals surface area contributed by atoms with E-state index in [0.29, 0.717) is 35.0 Å². The number of nitro groups is 1. The number of aryl methyl sites for hydroxylation is 2. The van der Waals surface area contributed by atoms with Gasteiger partial charge in [-0.25, -0.2) is 0 Å². The van der Waals surface area contributed by atoms with Crippen molar-refractivity contribution < 1.29 is 18.7 Å². The highest BCUT2D eigenvalue weighted by Crippen LogP contribution is 2.30. The predicted octanol–water partition coefficient (Wildman–Crippen LogP) is 4.20. The van der Waals surface area contributed by atoms with E-state index in [-0.39, 0.29) is 11.4 Å². The number of furan rings is 1. The fourth-order valence-corrected chi connectivity index (χ4v) is 3.38. The van der Waals surface area contributed by atoms with Crippen LogP contribution in [-0.2, 0) is 6.42 Å². The zero-order valence-electron chi connectivity index (χ0n) is 16.4. The van der Waals surface area contributed by atoms with Gasteiger partial charge < -0.3 is 14.3 Å². The molecule has 2 heterocycles. The van der Waals surface area contributed by atoms with Crippen molar-refractivity contribution >= 4 is 28.8 Å². The molecule has 4 rings (SSSR count). The van der Waals surface area contributed by atoms with E-state index < -0.39 is 10.8 Å². The van der Waals surface area contributed by atoms with Gasteiger partial charge in [0, 0.05) is 35.7 Å². The van der Waals surface area contributed by atoms with Crippen LogP contribution in [-0.4, -0.2) is 21.7 Å². The van der Waals surface area contributed by atoms with Gasteiger partial charge in [0.2, 0.25) is 0 Å². The van der Waals surface area contributed by atoms with Gasteiger partial charge in [-0.05, 0) is 38.8 Å². The number of carbonyl (C=O) groups is 1. The smallest absolute Gasteiger partial charge is 0.292 e. The maximum absolute atomic E-state index is 12.6. The van der Waals surface area contributed by atoms with Crippen LogP contribution < -0.4 is 10.7 Å². The van der Waals surface area contributed by atoms with Crippen molar-refractivity contribution in [2.24, 2.45) is 5.10 Å². The number of non-ortho nitro benzene ring substituents is 1. The van der Waals surface area contributed by atoms with Gasteiger partial charge in [0.1, 0.15) is 11.5 Å². The number of hydrogen-bond acceptors (Lipinski definition) is 8. The molecule has 0 saturated heterocycles. The van der Waals surface area contributed by atoms with Gasteiger partial charge in [-0.15, -0.1) is 0 Å². The quantitative estimate of drug-likeness (QED) is 0.476. The number of benzene rings is 1. The highest BCUT2D eigenvalue weighted by atomic mass is 16.6. The second-order valence-corrected chi connectivity index (χ2v) is 6.96. The third-order valence-corrected chi connectivity index (χ3v) is 4.80. The molecule has 0 unspecified atom stereocenters. The van der Waals surface area contributed by atoms with E-state index >= 15 is 0 Å². The lowest BCUT2D eigenvalue weighted by Gasteiger charge is -2.13. The van der Waals surface area contributed by atoms with E-state index in [2.05, 4.69) is 21.0 Å². The molecule has 1 aromatic carbocycles. The van der Waals surface area contributed by atoms with Crippen LogP contribution in [0.1, 0.15) is 46.0 Å². The van der Waals surface area contributed by atoms with Gasteiger partial charge in [0.15, 0.2) is 11.6 Å². The normalized spacial score (nSPS) is 14.4. The van der Waals surface area contributed by atoms with Crippen molar-refractivity contribution in [3.8, 4) is 0 Å². The molecule has 0 atom stereocenters. The third-order valence-electron chi connectivity index (χ3n) is 4.80. The lowest BCUT2D eigenvalue weighted by Crippen LogP contribution is -2.14. The van der Waals surface area contributed by atoms with Crippen LogP contribution in [0.2, 0.25) is 0 Å². The molecule has 0 bridgehead atoms. The highest BCUT2D eigenvalue weighted by Gasteiger charge is 2.28. The van der Waals surface area contributed by atoms with Crippen LogP contribution in [0.25, 0.3) is 0 Å². The van der Waals surface area contributed by atoms with Crippen LogP contribution in [0.3, 0.4) is 0 Å². The van der Waals surface area contributed by atoms with Crippen LogP contribution in [0.4, 0.5) is 17.2 Å². The number of nitrogens with zero attached hydrogens (tertiary/aromatic N) is 3. The Kier molecular flexibility index (Phi) is 5.05. The SMILES string of the molecule is Cc1cc(NC(=O)c2oc3c(c2C)/C(=N/Nc2ccc([N+](=O)[O-])cc2)CCC3)no1. The lowest BCUT2D eigenvalue weighted by molar-refractivity contribution is -0.384. The number of carbonyl (C=O) groups excluding carboxylic acids is 1. The maximum atomic E-state index is 12.6. The molecule has 30 heavy (non-hydrogen) atoms. The summed E-state index contributed by atoms with van der Waals surface area (Å²) in [6.07, 6.45) is 2.27. The molecular formula is C20H19N5O5. The minimum atomic E-state index is -0.454. The van der Waals surface area contributed by atoms with Crippen molar-refractivity contribution in [2.75, 3.05) is 10.7 Å². The van der Waals surface area contributed by atoms with Crippen molar-refractivity contribution in [2.45, 2.75) is 33.1 Å². The summed E-state index contributed by atoms with van der Waals surface area (Å²) in [6.45, 7) is 3.55. The Labute approximate surface area is 171 Å². The van der Waals surface area contributed by atoms with E-state index in [0.717, 1.165) is 24.1 Å². The summed E-state index contributed by atoms with van der Waals surface area (Å²) in [4.78, 5) is 23.0. The van der Waals surface area contributed by atoms with Crippen molar-refractivity contribution in [1.29, 1.82) is 0 Å². The van der Waals surface area contributed by atoms with Crippen LogP contribution in [0.15, 0.2) is 44.4 Å². The number of hydrazone groups is 1. The molecular weight excluding hydrogens is 390 g/mol. The second-order valence-electron chi connectivity index (χ2n) is 6.96. The van der Waals surface area contributed by atoms with Crippen molar-refractivity contribution in [3.63, 3.8) is 0 Å². The molecule has 2 N–H and O–H groups in total. The van der Waals surface area contributed by atoms with Gasteiger partial charge in [0.05, 0.1) is 16.3 Å². The topological polar surface area (TPSA) is 136 Å². The van der Waals surface area contributed by atoms with Crippen LogP contribution >= 0.6 is 0 Å². The summed E-state index contributed by atoms with van der Waals surface area (Å²) >= 11 is 0. The number of nitro benzene ring substituents is 1. The molecule has 0 saturated carbocycles. The Morgan fingerprint density at radius 3 is 2.67 bits per heavy atom. The van der Waals surface area contributed by atoms with Crippen LogP contribution in [0.5, 0.6) is 0 Å².